The second-order valence-electron chi connectivity index (χ2n) is 5.78. The highest BCUT2D eigenvalue weighted by Crippen LogP contribution is 2.22. The Morgan fingerprint density at radius 1 is 1.43 bits per heavy atom. The van der Waals surface area contributed by atoms with E-state index in [1.807, 2.05) is 25.7 Å². The van der Waals surface area contributed by atoms with Crippen LogP contribution >= 0.6 is 0 Å². The van der Waals surface area contributed by atoms with Crippen molar-refractivity contribution in [1.29, 1.82) is 0 Å². The third-order valence-electron chi connectivity index (χ3n) is 3.13. The first-order valence-electron chi connectivity index (χ1n) is 6.51. The summed E-state index contributed by atoms with van der Waals surface area (Å²) < 4.78 is 13.6. The first kappa shape index (κ1) is 17.0. The Morgan fingerprint density at radius 2 is 2.05 bits per heavy atom. The van der Waals surface area contributed by atoms with Gasteiger partial charge in [-0.2, -0.15) is 4.39 Å². The molecule has 0 saturated carbocycles. The predicted octanol–water partition coefficient (Wildman–Crippen LogP) is 2.81. The van der Waals surface area contributed by atoms with Crippen LogP contribution in [-0.2, 0) is 11.3 Å². The molecule has 21 heavy (non-hydrogen) atoms. The Hall–Kier alpha value is -2.02. The van der Waals surface area contributed by atoms with Gasteiger partial charge in [0, 0.05) is 24.7 Å². The quantitative estimate of drug-likeness (QED) is 0.645. The predicted molar refractivity (Wildman–Crippen MR) is 75.5 cm³/mol. The van der Waals surface area contributed by atoms with E-state index < -0.39 is 22.4 Å². The Balaban J connectivity index is 2.91. The van der Waals surface area contributed by atoms with Crippen LogP contribution < -0.4 is 0 Å². The van der Waals surface area contributed by atoms with Crippen LogP contribution in [0.15, 0.2) is 18.2 Å². The molecule has 0 aliphatic carbocycles. The Bertz CT molecular complexity index is 540. The Morgan fingerprint density at radius 3 is 2.48 bits per heavy atom. The maximum atomic E-state index is 13.6. The second kappa shape index (κ2) is 6.62. The summed E-state index contributed by atoms with van der Waals surface area (Å²) in [5, 5.41) is 19.4. The van der Waals surface area contributed by atoms with Gasteiger partial charge in [-0.25, -0.2) is 0 Å². The number of aliphatic carboxylic acids is 1. The van der Waals surface area contributed by atoms with E-state index in [0.717, 1.165) is 12.1 Å². The lowest BCUT2D eigenvalue weighted by atomic mass is 10.0. The van der Waals surface area contributed by atoms with E-state index in [0.29, 0.717) is 18.7 Å². The molecule has 0 atom stereocenters. The molecule has 1 rings (SSSR count). The maximum absolute atomic E-state index is 13.6. The van der Waals surface area contributed by atoms with E-state index in [2.05, 4.69) is 0 Å². The number of benzene rings is 1. The van der Waals surface area contributed by atoms with Crippen molar-refractivity contribution in [3.8, 4) is 0 Å². The van der Waals surface area contributed by atoms with Gasteiger partial charge in [0.2, 0.25) is 5.82 Å². The lowest BCUT2D eigenvalue weighted by Crippen LogP contribution is -2.42. The first-order valence-corrected chi connectivity index (χ1v) is 6.51. The number of halogens is 1. The fourth-order valence-electron chi connectivity index (χ4n) is 1.90. The highest BCUT2D eigenvalue weighted by molar-refractivity contribution is 5.66. The number of carbonyl (C=O) groups is 1. The van der Waals surface area contributed by atoms with Gasteiger partial charge in [0.05, 0.1) is 11.3 Å². The number of hydrogen-bond acceptors (Lipinski definition) is 4. The molecule has 1 aromatic carbocycles. The number of nitrogens with zero attached hydrogens (tertiary/aromatic N) is 2. The summed E-state index contributed by atoms with van der Waals surface area (Å²) in [7, 11) is 0. The van der Waals surface area contributed by atoms with Crippen molar-refractivity contribution in [3.63, 3.8) is 0 Å². The van der Waals surface area contributed by atoms with Gasteiger partial charge in [-0.1, -0.05) is 6.07 Å². The molecular weight excluding hydrogens is 279 g/mol. The van der Waals surface area contributed by atoms with Gasteiger partial charge in [0.1, 0.15) is 0 Å². The van der Waals surface area contributed by atoms with E-state index in [1.54, 1.807) is 0 Å². The summed E-state index contributed by atoms with van der Waals surface area (Å²) in [6.07, 6.45) is -0.0211. The fraction of sp³-hybridized carbons (Fsp3) is 0.500. The lowest BCUT2D eigenvalue weighted by molar-refractivity contribution is -0.387. The highest BCUT2D eigenvalue weighted by Gasteiger charge is 2.23. The van der Waals surface area contributed by atoms with Gasteiger partial charge in [0.15, 0.2) is 0 Å². The average molecular weight is 298 g/mol. The first-order chi connectivity index (χ1) is 9.61. The van der Waals surface area contributed by atoms with E-state index >= 15 is 0 Å². The van der Waals surface area contributed by atoms with Crippen molar-refractivity contribution >= 4 is 11.7 Å². The number of carboxylic acid groups (broad SMARTS) is 1. The minimum Gasteiger partial charge on any atom is -0.481 e. The summed E-state index contributed by atoms with van der Waals surface area (Å²) in [4.78, 5) is 22.4. The molecule has 7 heteroatoms. The van der Waals surface area contributed by atoms with Crippen LogP contribution in [0.1, 0.15) is 32.8 Å². The molecule has 0 amide bonds. The summed E-state index contributed by atoms with van der Waals surface area (Å²) in [5.74, 6) is -1.79. The number of nitro groups is 1. The Kier molecular flexibility index (Phi) is 5.37. The van der Waals surface area contributed by atoms with Crippen LogP contribution in [0.5, 0.6) is 0 Å². The van der Waals surface area contributed by atoms with Gasteiger partial charge in [-0.05, 0) is 32.4 Å². The largest absolute Gasteiger partial charge is 0.481 e. The number of hydrogen-bond donors (Lipinski definition) is 1. The zero-order valence-electron chi connectivity index (χ0n) is 12.3. The monoisotopic (exact) mass is 298 g/mol. The smallest absolute Gasteiger partial charge is 0.304 e. The molecule has 0 aliphatic heterocycles. The zero-order chi connectivity index (χ0) is 16.2. The van der Waals surface area contributed by atoms with E-state index in [-0.39, 0.29) is 12.0 Å². The molecule has 116 valence electrons. The Labute approximate surface area is 122 Å². The van der Waals surface area contributed by atoms with Crippen molar-refractivity contribution in [1.82, 2.24) is 4.90 Å². The average Bonchev–Trinajstić information content (AvgIpc) is 2.32. The van der Waals surface area contributed by atoms with E-state index in [4.69, 9.17) is 5.11 Å². The van der Waals surface area contributed by atoms with Crippen LogP contribution in [0.4, 0.5) is 10.1 Å². The molecule has 0 heterocycles. The standard InChI is InChI=1S/C14H19FN2O4/c1-14(2,3)16(7-6-13(18)19)9-10-4-5-12(17(20)21)11(15)8-10/h4-5,8H,6-7,9H2,1-3H3,(H,18,19). The lowest BCUT2D eigenvalue weighted by Gasteiger charge is -2.35. The van der Waals surface area contributed by atoms with Gasteiger partial charge < -0.3 is 5.11 Å². The maximum Gasteiger partial charge on any atom is 0.304 e. The van der Waals surface area contributed by atoms with Crippen molar-refractivity contribution in [2.24, 2.45) is 0 Å². The summed E-state index contributed by atoms with van der Waals surface area (Å²) in [5.41, 5.74) is -0.293. The van der Waals surface area contributed by atoms with Crippen LogP contribution in [0, 0.1) is 15.9 Å². The SMILES string of the molecule is CC(C)(C)N(CCC(=O)O)Cc1ccc([N+](=O)[O-])c(F)c1. The van der Waals surface area contributed by atoms with E-state index in [1.165, 1.54) is 6.07 Å². The summed E-state index contributed by atoms with van der Waals surface area (Å²) in [6.45, 7) is 6.42. The van der Waals surface area contributed by atoms with Crippen LogP contribution in [0.2, 0.25) is 0 Å². The minimum absolute atomic E-state index is 0.0211. The molecule has 0 aliphatic rings. The molecule has 0 fully saturated rings. The number of nitro benzene ring substituents is 1. The van der Waals surface area contributed by atoms with E-state index in [9.17, 15) is 19.3 Å². The molecular formula is C14H19FN2O4. The van der Waals surface area contributed by atoms with Gasteiger partial charge in [0.25, 0.3) is 0 Å². The zero-order valence-corrected chi connectivity index (χ0v) is 12.3. The molecule has 0 spiro atoms. The normalized spacial score (nSPS) is 11.7. The molecule has 0 radical (unpaired) electrons. The summed E-state index contributed by atoms with van der Waals surface area (Å²) >= 11 is 0. The van der Waals surface area contributed by atoms with Gasteiger partial charge >= 0.3 is 11.7 Å². The van der Waals surface area contributed by atoms with Crippen molar-refractivity contribution in [3.05, 3.63) is 39.7 Å². The topological polar surface area (TPSA) is 83.7 Å². The number of carboxylic acids is 1. The molecule has 1 N–H and O–H groups in total. The van der Waals surface area contributed by atoms with Crippen molar-refractivity contribution in [2.75, 3.05) is 6.54 Å². The van der Waals surface area contributed by atoms with Crippen molar-refractivity contribution in [2.45, 2.75) is 39.3 Å². The second-order valence-corrected chi connectivity index (χ2v) is 5.78. The molecule has 0 bridgehead atoms. The van der Waals surface area contributed by atoms with Crippen LogP contribution in [-0.4, -0.2) is 33.0 Å². The van der Waals surface area contributed by atoms with Gasteiger partial charge in [-0.15, -0.1) is 0 Å². The molecule has 1 aromatic rings. The molecule has 0 saturated heterocycles. The highest BCUT2D eigenvalue weighted by atomic mass is 19.1. The van der Waals surface area contributed by atoms with Crippen LogP contribution in [0.25, 0.3) is 0 Å². The summed E-state index contributed by atoms with van der Waals surface area (Å²) in [6, 6.07) is 3.74. The third kappa shape index (κ3) is 5.11. The van der Waals surface area contributed by atoms with Gasteiger partial charge in [-0.3, -0.25) is 19.8 Å². The molecule has 0 aromatic heterocycles. The fourth-order valence-corrected chi connectivity index (χ4v) is 1.90. The third-order valence-corrected chi connectivity index (χ3v) is 3.13. The number of rotatable bonds is 6. The molecule has 0 unspecified atom stereocenters. The van der Waals surface area contributed by atoms with Crippen molar-refractivity contribution < 1.29 is 19.2 Å². The van der Waals surface area contributed by atoms with Crippen LogP contribution in [0.3, 0.4) is 0 Å². The minimum atomic E-state index is -0.904. The molecule has 6 nitrogen and oxygen atoms in total.